The van der Waals surface area contributed by atoms with Gasteiger partial charge in [0.2, 0.25) is 0 Å². The fourth-order valence-electron chi connectivity index (χ4n) is 1.86. The summed E-state index contributed by atoms with van der Waals surface area (Å²) < 4.78 is 0. The zero-order chi connectivity index (χ0) is 15.1. The van der Waals surface area contributed by atoms with Gasteiger partial charge in [-0.25, -0.2) is 0 Å². The molecular weight excluding hydrogens is 280 g/mol. The first-order valence-electron chi connectivity index (χ1n) is 6.48. The van der Waals surface area contributed by atoms with Crippen molar-refractivity contribution >= 4 is 23.4 Å². The van der Waals surface area contributed by atoms with Crippen molar-refractivity contribution in [2.45, 2.75) is 4.90 Å². The van der Waals surface area contributed by atoms with Crippen molar-refractivity contribution in [3.05, 3.63) is 59.7 Å². The van der Waals surface area contributed by atoms with Crippen LogP contribution in [0.15, 0.2) is 53.4 Å². The van der Waals surface area contributed by atoms with Crippen molar-refractivity contribution in [1.29, 1.82) is 0 Å². The van der Waals surface area contributed by atoms with Crippen molar-refractivity contribution in [2.24, 2.45) is 5.73 Å². The molecule has 1 amide bonds. The Hall–Kier alpha value is -2.22. The van der Waals surface area contributed by atoms with Crippen LogP contribution in [0, 0.1) is 11.8 Å². The highest BCUT2D eigenvalue weighted by molar-refractivity contribution is 7.98. The summed E-state index contributed by atoms with van der Waals surface area (Å²) in [5, 5.41) is 2.90. The summed E-state index contributed by atoms with van der Waals surface area (Å²) in [6.45, 7) is 0.317. The number of thioether (sulfide) groups is 1. The monoisotopic (exact) mass is 296 g/mol. The molecule has 0 radical (unpaired) electrons. The highest BCUT2D eigenvalue weighted by Crippen LogP contribution is 2.21. The van der Waals surface area contributed by atoms with Crippen LogP contribution < -0.4 is 11.1 Å². The van der Waals surface area contributed by atoms with Crippen molar-refractivity contribution < 1.29 is 4.79 Å². The number of hydrogen-bond acceptors (Lipinski definition) is 3. The second-order valence-electron chi connectivity index (χ2n) is 4.24. The molecule has 3 N–H and O–H groups in total. The van der Waals surface area contributed by atoms with E-state index in [0.29, 0.717) is 12.1 Å². The quantitative estimate of drug-likeness (QED) is 0.676. The Morgan fingerprint density at radius 2 is 2.05 bits per heavy atom. The molecule has 0 saturated carbocycles. The van der Waals surface area contributed by atoms with E-state index in [4.69, 9.17) is 5.73 Å². The van der Waals surface area contributed by atoms with Gasteiger partial charge in [0.05, 0.1) is 12.1 Å². The lowest BCUT2D eigenvalue weighted by atomic mass is 10.1. The minimum absolute atomic E-state index is 0.121. The first kappa shape index (κ1) is 15.2. The molecule has 0 aliphatic heterocycles. The van der Waals surface area contributed by atoms with Crippen LogP contribution in [0.2, 0.25) is 0 Å². The van der Waals surface area contributed by atoms with E-state index in [9.17, 15) is 4.79 Å². The Bertz CT molecular complexity index is 701. The molecule has 0 saturated heterocycles. The Balaban J connectivity index is 2.20. The van der Waals surface area contributed by atoms with E-state index in [1.165, 1.54) is 0 Å². The first-order chi connectivity index (χ1) is 10.2. The van der Waals surface area contributed by atoms with Crippen LogP contribution in [0.4, 0.5) is 5.69 Å². The van der Waals surface area contributed by atoms with Gasteiger partial charge in [-0.2, -0.15) is 0 Å². The molecule has 2 aromatic carbocycles. The molecule has 2 aromatic rings. The Morgan fingerprint density at radius 1 is 1.24 bits per heavy atom. The average molecular weight is 296 g/mol. The Kier molecular flexibility index (Phi) is 5.44. The van der Waals surface area contributed by atoms with Gasteiger partial charge in [0.25, 0.3) is 5.91 Å². The number of benzene rings is 2. The second kappa shape index (κ2) is 7.53. The van der Waals surface area contributed by atoms with Crippen molar-refractivity contribution in [1.82, 2.24) is 0 Å². The zero-order valence-corrected chi connectivity index (χ0v) is 12.5. The molecule has 0 unspecified atom stereocenters. The minimum atomic E-state index is -0.121. The summed E-state index contributed by atoms with van der Waals surface area (Å²) in [5.41, 5.74) is 7.58. The Morgan fingerprint density at radius 3 is 2.81 bits per heavy atom. The van der Waals surface area contributed by atoms with Crippen molar-refractivity contribution in [2.75, 3.05) is 18.1 Å². The molecule has 0 aliphatic rings. The summed E-state index contributed by atoms with van der Waals surface area (Å²) >= 11 is 1.55. The smallest absolute Gasteiger partial charge is 0.256 e. The van der Waals surface area contributed by atoms with Crippen LogP contribution in [-0.2, 0) is 0 Å². The molecule has 0 aliphatic carbocycles. The first-order valence-corrected chi connectivity index (χ1v) is 7.70. The van der Waals surface area contributed by atoms with E-state index in [2.05, 4.69) is 17.2 Å². The van der Waals surface area contributed by atoms with E-state index in [1.807, 2.05) is 54.8 Å². The number of carbonyl (C=O) groups is 1. The molecule has 0 bridgehead atoms. The molecular formula is C17H16N2OS. The number of rotatable bonds is 3. The van der Waals surface area contributed by atoms with Crippen LogP contribution in [-0.4, -0.2) is 18.7 Å². The lowest BCUT2D eigenvalue weighted by molar-refractivity contribution is 0.102. The molecule has 4 heteroatoms. The van der Waals surface area contributed by atoms with E-state index in [0.717, 1.165) is 16.1 Å². The third kappa shape index (κ3) is 4.12. The van der Waals surface area contributed by atoms with E-state index < -0.39 is 0 Å². The standard InChI is InChI=1S/C17H16N2OS/c1-21-16-10-3-2-9-15(16)17(20)19-14-8-4-6-13(12-14)7-5-11-18/h2-4,6,8-10,12H,11,18H2,1H3,(H,19,20). The maximum Gasteiger partial charge on any atom is 0.256 e. The maximum absolute atomic E-state index is 12.3. The summed E-state index contributed by atoms with van der Waals surface area (Å²) in [6.07, 6.45) is 1.95. The van der Waals surface area contributed by atoms with Gasteiger partial charge in [-0.1, -0.05) is 30.0 Å². The molecule has 0 spiro atoms. The van der Waals surface area contributed by atoms with E-state index in [1.54, 1.807) is 11.8 Å². The summed E-state index contributed by atoms with van der Waals surface area (Å²) in [7, 11) is 0. The number of anilines is 1. The molecule has 2 rings (SSSR count). The average Bonchev–Trinajstić information content (AvgIpc) is 2.53. The van der Waals surface area contributed by atoms with Gasteiger partial charge >= 0.3 is 0 Å². The predicted octanol–water partition coefficient (Wildman–Crippen LogP) is 2.97. The van der Waals surface area contributed by atoms with E-state index >= 15 is 0 Å². The van der Waals surface area contributed by atoms with E-state index in [-0.39, 0.29) is 5.91 Å². The van der Waals surface area contributed by atoms with Crippen LogP contribution in [0.25, 0.3) is 0 Å². The topological polar surface area (TPSA) is 55.1 Å². The largest absolute Gasteiger partial charge is 0.322 e. The van der Waals surface area contributed by atoms with Gasteiger partial charge in [-0.3, -0.25) is 4.79 Å². The van der Waals surface area contributed by atoms with Crippen molar-refractivity contribution in [3.8, 4) is 11.8 Å². The van der Waals surface area contributed by atoms with Crippen LogP contribution in [0.5, 0.6) is 0 Å². The fraction of sp³-hybridized carbons (Fsp3) is 0.118. The molecule has 0 aromatic heterocycles. The molecule has 0 atom stereocenters. The lowest BCUT2D eigenvalue weighted by Crippen LogP contribution is -2.12. The molecule has 106 valence electrons. The summed E-state index contributed by atoms with van der Waals surface area (Å²) in [6, 6.07) is 15.0. The van der Waals surface area contributed by atoms with Crippen LogP contribution in [0.3, 0.4) is 0 Å². The number of nitrogens with two attached hydrogens (primary N) is 1. The molecule has 0 fully saturated rings. The normalized spacial score (nSPS) is 9.62. The number of carbonyl (C=O) groups excluding carboxylic acids is 1. The molecule has 21 heavy (non-hydrogen) atoms. The lowest BCUT2D eigenvalue weighted by Gasteiger charge is -2.08. The molecule has 3 nitrogen and oxygen atoms in total. The van der Waals surface area contributed by atoms with Gasteiger partial charge in [-0.05, 0) is 36.6 Å². The summed E-state index contributed by atoms with van der Waals surface area (Å²) in [4.78, 5) is 13.3. The van der Waals surface area contributed by atoms with Crippen molar-refractivity contribution in [3.63, 3.8) is 0 Å². The summed E-state index contributed by atoms with van der Waals surface area (Å²) in [5.74, 6) is 5.63. The van der Waals surface area contributed by atoms with Gasteiger partial charge in [0.1, 0.15) is 0 Å². The highest BCUT2D eigenvalue weighted by Gasteiger charge is 2.10. The minimum Gasteiger partial charge on any atom is -0.322 e. The SMILES string of the molecule is CSc1ccccc1C(=O)Nc1cccc(C#CCN)c1. The molecule has 0 heterocycles. The van der Waals surface area contributed by atoms with Gasteiger partial charge in [0.15, 0.2) is 0 Å². The van der Waals surface area contributed by atoms with Crippen LogP contribution >= 0.6 is 11.8 Å². The maximum atomic E-state index is 12.3. The Labute approximate surface area is 128 Å². The number of amides is 1. The highest BCUT2D eigenvalue weighted by atomic mass is 32.2. The second-order valence-corrected chi connectivity index (χ2v) is 5.09. The van der Waals surface area contributed by atoms with Gasteiger partial charge < -0.3 is 11.1 Å². The zero-order valence-electron chi connectivity index (χ0n) is 11.7. The predicted molar refractivity (Wildman–Crippen MR) is 88.6 cm³/mol. The third-order valence-corrected chi connectivity index (χ3v) is 3.60. The number of nitrogens with one attached hydrogen (secondary N) is 1. The fourth-order valence-corrected chi connectivity index (χ4v) is 2.45. The third-order valence-electron chi connectivity index (χ3n) is 2.81. The van der Waals surface area contributed by atoms with Gasteiger partial charge in [0, 0.05) is 16.1 Å². The van der Waals surface area contributed by atoms with Crippen LogP contribution in [0.1, 0.15) is 15.9 Å². The van der Waals surface area contributed by atoms with Gasteiger partial charge in [-0.15, -0.1) is 11.8 Å². The number of hydrogen-bond donors (Lipinski definition) is 2.